The van der Waals surface area contributed by atoms with Gasteiger partial charge in [-0.15, -0.1) is 0 Å². The zero-order valence-electron chi connectivity index (χ0n) is 13.0. The summed E-state index contributed by atoms with van der Waals surface area (Å²) < 4.78 is 0. The van der Waals surface area contributed by atoms with Crippen LogP contribution in [0.3, 0.4) is 0 Å². The molecule has 1 aliphatic heterocycles. The summed E-state index contributed by atoms with van der Waals surface area (Å²) in [4.78, 5) is 7.19. The molecule has 0 amide bonds. The van der Waals surface area contributed by atoms with Crippen molar-refractivity contribution in [2.24, 2.45) is 11.7 Å². The molecule has 1 aliphatic rings. The first-order chi connectivity index (χ1) is 10.2. The van der Waals surface area contributed by atoms with Gasteiger partial charge in [0.25, 0.3) is 0 Å². The molecule has 3 rings (SSSR count). The van der Waals surface area contributed by atoms with Gasteiger partial charge in [-0.1, -0.05) is 31.2 Å². The Balaban J connectivity index is 2.01. The number of hydrogen-bond donors (Lipinski definition) is 1. The lowest BCUT2D eigenvalue weighted by atomic mass is 9.91. The molecular weight excluding hydrogens is 258 g/mol. The summed E-state index contributed by atoms with van der Waals surface area (Å²) in [7, 11) is 0. The topological polar surface area (TPSA) is 42.1 Å². The van der Waals surface area contributed by atoms with Gasteiger partial charge in [-0.05, 0) is 37.3 Å². The van der Waals surface area contributed by atoms with Crippen molar-refractivity contribution >= 4 is 10.9 Å². The van der Waals surface area contributed by atoms with Gasteiger partial charge < -0.3 is 5.73 Å². The van der Waals surface area contributed by atoms with Gasteiger partial charge in [-0.25, -0.2) is 0 Å². The molecule has 2 N–H and O–H groups in total. The highest BCUT2D eigenvalue weighted by molar-refractivity contribution is 5.82. The van der Waals surface area contributed by atoms with Gasteiger partial charge in [-0.2, -0.15) is 0 Å². The van der Waals surface area contributed by atoms with Gasteiger partial charge in [0, 0.05) is 36.8 Å². The lowest BCUT2D eigenvalue weighted by molar-refractivity contribution is 0.0804. The van der Waals surface area contributed by atoms with E-state index in [0.29, 0.717) is 12.6 Å². The van der Waals surface area contributed by atoms with E-state index in [-0.39, 0.29) is 6.04 Å². The van der Waals surface area contributed by atoms with Crippen LogP contribution in [0.4, 0.5) is 0 Å². The molecule has 112 valence electrons. The molecule has 0 bridgehead atoms. The Morgan fingerprint density at radius 1 is 1.24 bits per heavy atom. The summed E-state index contributed by atoms with van der Waals surface area (Å²) in [6, 6.07) is 11.4. The van der Waals surface area contributed by atoms with Crippen molar-refractivity contribution in [3.05, 3.63) is 42.1 Å². The molecule has 0 spiro atoms. The number of likely N-dealkylation sites (tertiary alicyclic amines) is 1. The number of pyridine rings is 1. The second-order valence-corrected chi connectivity index (χ2v) is 6.40. The quantitative estimate of drug-likeness (QED) is 0.939. The maximum Gasteiger partial charge on any atom is 0.0750 e. The second-order valence-electron chi connectivity index (χ2n) is 6.40. The molecule has 3 heteroatoms. The van der Waals surface area contributed by atoms with Crippen LogP contribution in [-0.2, 0) is 0 Å². The van der Waals surface area contributed by atoms with E-state index >= 15 is 0 Å². The number of rotatable bonds is 3. The van der Waals surface area contributed by atoms with Crippen molar-refractivity contribution < 1.29 is 0 Å². The summed E-state index contributed by atoms with van der Waals surface area (Å²) in [5.41, 5.74) is 8.54. The van der Waals surface area contributed by atoms with E-state index in [2.05, 4.69) is 48.0 Å². The minimum Gasteiger partial charge on any atom is -0.329 e. The summed E-state index contributed by atoms with van der Waals surface area (Å²) in [5, 5.41) is 1.20. The van der Waals surface area contributed by atoms with E-state index in [9.17, 15) is 0 Å². The number of benzene rings is 1. The van der Waals surface area contributed by atoms with Gasteiger partial charge >= 0.3 is 0 Å². The van der Waals surface area contributed by atoms with Crippen LogP contribution >= 0.6 is 0 Å². The smallest absolute Gasteiger partial charge is 0.0750 e. The van der Waals surface area contributed by atoms with Gasteiger partial charge in [-0.3, -0.25) is 9.88 Å². The Morgan fingerprint density at radius 2 is 2.05 bits per heavy atom. The second kappa shape index (κ2) is 6.12. The molecular formula is C18H25N3. The zero-order chi connectivity index (χ0) is 14.8. The molecule has 3 unspecified atom stereocenters. The molecule has 1 saturated heterocycles. The zero-order valence-corrected chi connectivity index (χ0v) is 13.0. The fourth-order valence-corrected chi connectivity index (χ4v) is 3.59. The van der Waals surface area contributed by atoms with Crippen LogP contribution in [-0.4, -0.2) is 29.0 Å². The molecule has 3 nitrogen and oxygen atoms in total. The standard InChI is InChI=1S/C18H25N3/c1-13-8-9-14(2)21(12-13)17(11-19)16-7-3-5-15-6-4-10-20-18(15)16/h3-7,10,13-14,17H,8-9,11-12,19H2,1-2H3. The summed E-state index contributed by atoms with van der Waals surface area (Å²) in [6.07, 6.45) is 4.46. The molecule has 3 atom stereocenters. The molecule has 1 fully saturated rings. The van der Waals surface area contributed by atoms with E-state index < -0.39 is 0 Å². The van der Waals surface area contributed by atoms with Crippen LogP contribution in [0.25, 0.3) is 10.9 Å². The first-order valence-electron chi connectivity index (χ1n) is 8.00. The largest absolute Gasteiger partial charge is 0.329 e. The molecule has 0 aliphatic carbocycles. The Kier molecular flexibility index (Phi) is 4.22. The van der Waals surface area contributed by atoms with Crippen LogP contribution in [0.5, 0.6) is 0 Å². The Morgan fingerprint density at radius 3 is 2.86 bits per heavy atom. The van der Waals surface area contributed by atoms with E-state index in [1.54, 1.807) is 0 Å². The molecule has 21 heavy (non-hydrogen) atoms. The molecule has 2 aromatic rings. The Hall–Kier alpha value is -1.45. The van der Waals surface area contributed by atoms with Crippen LogP contribution < -0.4 is 5.73 Å². The van der Waals surface area contributed by atoms with Gasteiger partial charge in [0.2, 0.25) is 0 Å². The lowest BCUT2D eigenvalue weighted by Crippen LogP contribution is -2.45. The monoisotopic (exact) mass is 283 g/mol. The highest BCUT2D eigenvalue weighted by Crippen LogP contribution is 2.32. The third-order valence-corrected chi connectivity index (χ3v) is 4.81. The van der Waals surface area contributed by atoms with Crippen LogP contribution in [0.15, 0.2) is 36.5 Å². The fourth-order valence-electron chi connectivity index (χ4n) is 3.59. The SMILES string of the molecule is CC1CCC(C)N(C(CN)c2cccc3cccnc23)C1. The Bertz CT molecular complexity index is 605. The predicted molar refractivity (Wildman–Crippen MR) is 88.1 cm³/mol. The maximum absolute atomic E-state index is 6.16. The van der Waals surface area contributed by atoms with Crippen LogP contribution in [0.1, 0.15) is 38.3 Å². The average Bonchev–Trinajstić information content (AvgIpc) is 2.51. The summed E-state index contributed by atoms with van der Waals surface area (Å²) >= 11 is 0. The number of para-hydroxylation sites is 1. The van der Waals surface area contributed by atoms with Crippen LogP contribution in [0, 0.1) is 5.92 Å². The fraction of sp³-hybridized carbons (Fsp3) is 0.500. The summed E-state index contributed by atoms with van der Waals surface area (Å²) in [6.45, 7) is 6.44. The van der Waals surface area contributed by atoms with E-state index in [4.69, 9.17) is 5.73 Å². The molecule has 2 heterocycles. The lowest BCUT2D eigenvalue weighted by Gasteiger charge is -2.42. The first-order valence-corrected chi connectivity index (χ1v) is 8.00. The van der Waals surface area contributed by atoms with E-state index in [1.807, 2.05) is 12.3 Å². The van der Waals surface area contributed by atoms with Crippen molar-refractivity contribution in [2.75, 3.05) is 13.1 Å². The highest BCUT2D eigenvalue weighted by atomic mass is 15.2. The van der Waals surface area contributed by atoms with Crippen molar-refractivity contribution in [3.8, 4) is 0 Å². The number of nitrogens with zero attached hydrogens (tertiary/aromatic N) is 2. The maximum atomic E-state index is 6.16. The third-order valence-electron chi connectivity index (χ3n) is 4.81. The van der Waals surface area contributed by atoms with Crippen molar-refractivity contribution in [2.45, 2.75) is 38.8 Å². The van der Waals surface area contributed by atoms with Gasteiger partial charge in [0.15, 0.2) is 0 Å². The van der Waals surface area contributed by atoms with Crippen molar-refractivity contribution in [3.63, 3.8) is 0 Å². The number of aromatic nitrogens is 1. The normalized spacial score (nSPS) is 25.1. The number of fused-ring (bicyclic) bond motifs is 1. The molecule has 0 radical (unpaired) electrons. The molecule has 1 aromatic carbocycles. The van der Waals surface area contributed by atoms with Crippen molar-refractivity contribution in [1.82, 2.24) is 9.88 Å². The number of hydrogen-bond acceptors (Lipinski definition) is 3. The third kappa shape index (κ3) is 2.81. The Labute approximate surface area is 127 Å². The van der Waals surface area contributed by atoms with Crippen LogP contribution in [0.2, 0.25) is 0 Å². The highest BCUT2D eigenvalue weighted by Gasteiger charge is 2.30. The predicted octanol–water partition coefficient (Wildman–Crippen LogP) is 3.36. The average molecular weight is 283 g/mol. The minimum atomic E-state index is 0.265. The van der Waals surface area contributed by atoms with Gasteiger partial charge in [0.05, 0.1) is 5.52 Å². The van der Waals surface area contributed by atoms with E-state index in [1.165, 1.54) is 23.8 Å². The number of piperidine rings is 1. The molecule has 1 aromatic heterocycles. The van der Waals surface area contributed by atoms with Crippen molar-refractivity contribution in [1.29, 1.82) is 0 Å². The number of nitrogens with two attached hydrogens (primary N) is 1. The van der Waals surface area contributed by atoms with E-state index in [0.717, 1.165) is 18.0 Å². The van der Waals surface area contributed by atoms with Gasteiger partial charge in [0.1, 0.15) is 0 Å². The molecule has 0 saturated carbocycles. The minimum absolute atomic E-state index is 0.265. The summed E-state index contributed by atoms with van der Waals surface area (Å²) in [5.74, 6) is 0.748. The first kappa shape index (κ1) is 14.5.